The van der Waals surface area contributed by atoms with Crippen molar-refractivity contribution in [1.82, 2.24) is 14.5 Å². The van der Waals surface area contributed by atoms with Crippen molar-refractivity contribution in [1.29, 1.82) is 0 Å². The van der Waals surface area contributed by atoms with Crippen LogP contribution >= 0.6 is 15.9 Å². The SMILES string of the molecule is CCCc1nc2cnc3cc(Br)ccc3c2n1CCCC=O. The second kappa shape index (κ2) is 6.57. The zero-order chi connectivity index (χ0) is 15.5. The van der Waals surface area contributed by atoms with E-state index in [9.17, 15) is 4.79 Å². The molecule has 0 atom stereocenters. The third kappa shape index (κ3) is 2.77. The van der Waals surface area contributed by atoms with Crippen molar-refractivity contribution >= 4 is 44.2 Å². The topological polar surface area (TPSA) is 47.8 Å². The van der Waals surface area contributed by atoms with Gasteiger partial charge in [0.2, 0.25) is 0 Å². The first-order chi connectivity index (χ1) is 10.7. The number of hydrogen-bond donors (Lipinski definition) is 0. The summed E-state index contributed by atoms with van der Waals surface area (Å²) < 4.78 is 3.29. The number of imidazole rings is 1. The predicted molar refractivity (Wildman–Crippen MR) is 92.0 cm³/mol. The van der Waals surface area contributed by atoms with Crippen LogP contribution in [0.15, 0.2) is 28.9 Å². The number of nitrogens with zero attached hydrogens (tertiary/aromatic N) is 3. The van der Waals surface area contributed by atoms with E-state index in [0.717, 1.165) is 64.3 Å². The zero-order valence-electron chi connectivity index (χ0n) is 12.6. The van der Waals surface area contributed by atoms with Crippen molar-refractivity contribution in [2.75, 3.05) is 0 Å². The van der Waals surface area contributed by atoms with E-state index in [-0.39, 0.29) is 0 Å². The average Bonchev–Trinajstić information content (AvgIpc) is 2.86. The van der Waals surface area contributed by atoms with Gasteiger partial charge in [-0.3, -0.25) is 4.98 Å². The fourth-order valence-corrected chi connectivity index (χ4v) is 3.17. The van der Waals surface area contributed by atoms with Crippen LogP contribution in [0.5, 0.6) is 0 Å². The van der Waals surface area contributed by atoms with Crippen molar-refractivity contribution < 1.29 is 4.79 Å². The van der Waals surface area contributed by atoms with E-state index in [0.29, 0.717) is 6.42 Å². The molecule has 0 saturated carbocycles. The highest BCUT2D eigenvalue weighted by molar-refractivity contribution is 9.10. The van der Waals surface area contributed by atoms with E-state index in [4.69, 9.17) is 4.98 Å². The van der Waals surface area contributed by atoms with Gasteiger partial charge in [-0.05, 0) is 31.0 Å². The number of aldehydes is 1. The van der Waals surface area contributed by atoms with E-state index in [1.165, 1.54) is 0 Å². The van der Waals surface area contributed by atoms with Crippen LogP contribution in [0.1, 0.15) is 32.0 Å². The number of benzene rings is 1. The Kier molecular flexibility index (Phi) is 4.52. The first-order valence-electron chi connectivity index (χ1n) is 7.61. The van der Waals surface area contributed by atoms with Crippen molar-refractivity contribution in [2.24, 2.45) is 0 Å². The third-order valence-electron chi connectivity index (χ3n) is 3.79. The number of aryl methyl sites for hydroxylation is 2. The van der Waals surface area contributed by atoms with Crippen molar-refractivity contribution in [3.8, 4) is 0 Å². The summed E-state index contributed by atoms with van der Waals surface area (Å²) >= 11 is 3.50. The Labute approximate surface area is 137 Å². The van der Waals surface area contributed by atoms with Crippen molar-refractivity contribution in [3.63, 3.8) is 0 Å². The lowest BCUT2D eigenvalue weighted by molar-refractivity contribution is -0.107. The minimum absolute atomic E-state index is 0.583. The maximum atomic E-state index is 10.6. The molecular weight excluding hydrogens is 342 g/mol. The molecule has 2 heterocycles. The molecule has 0 aliphatic carbocycles. The highest BCUT2D eigenvalue weighted by atomic mass is 79.9. The lowest BCUT2D eigenvalue weighted by atomic mass is 10.2. The molecule has 3 aromatic rings. The predicted octanol–water partition coefficient (Wildman–Crippen LogP) is 4.28. The number of rotatable bonds is 6. The molecule has 0 fully saturated rings. The van der Waals surface area contributed by atoms with Gasteiger partial charge < -0.3 is 9.36 Å². The van der Waals surface area contributed by atoms with Crippen LogP contribution in [-0.4, -0.2) is 20.8 Å². The summed E-state index contributed by atoms with van der Waals surface area (Å²) in [6.45, 7) is 2.97. The van der Waals surface area contributed by atoms with Crippen LogP contribution in [0.3, 0.4) is 0 Å². The number of aromatic nitrogens is 3. The molecule has 0 aliphatic heterocycles. The first kappa shape index (κ1) is 15.2. The first-order valence-corrected chi connectivity index (χ1v) is 8.41. The molecule has 0 unspecified atom stereocenters. The number of unbranched alkanes of at least 4 members (excludes halogenated alkanes) is 1. The summed E-state index contributed by atoms with van der Waals surface area (Å²) in [5.74, 6) is 1.08. The summed E-state index contributed by atoms with van der Waals surface area (Å²) in [4.78, 5) is 19.9. The van der Waals surface area contributed by atoms with Gasteiger partial charge in [0.05, 0.1) is 17.2 Å². The molecule has 0 N–H and O–H groups in total. The minimum Gasteiger partial charge on any atom is -0.327 e. The maximum absolute atomic E-state index is 10.6. The smallest absolute Gasteiger partial charge is 0.120 e. The second-order valence-corrected chi connectivity index (χ2v) is 6.31. The number of carbonyl (C=O) groups is 1. The van der Waals surface area contributed by atoms with Crippen LogP contribution in [0, 0.1) is 0 Å². The molecule has 0 amide bonds. The summed E-state index contributed by atoms with van der Waals surface area (Å²) in [6, 6.07) is 6.14. The third-order valence-corrected chi connectivity index (χ3v) is 4.28. The normalized spacial score (nSPS) is 11.4. The maximum Gasteiger partial charge on any atom is 0.120 e. The van der Waals surface area contributed by atoms with E-state index in [1.54, 1.807) is 0 Å². The molecule has 3 rings (SSSR count). The Morgan fingerprint density at radius 3 is 2.95 bits per heavy atom. The van der Waals surface area contributed by atoms with Gasteiger partial charge in [-0.1, -0.05) is 22.9 Å². The van der Waals surface area contributed by atoms with Crippen LogP contribution in [0.25, 0.3) is 21.9 Å². The van der Waals surface area contributed by atoms with E-state index in [1.807, 2.05) is 18.3 Å². The molecule has 2 aromatic heterocycles. The minimum atomic E-state index is 0.583. The second-order valence-electron chi connectivity index (χ2n) is 5.39. The van der Waals surface area contributed by atoms with Gasteiger partial charge in [0.15, 0.2) is 0 Å². The standard InChI is InChI=1S/C17H18BrN3O/c1-2-5-16-20-15-11-19-14-10-12(18)6-7-13(14)17(15)21(16)8-3-4-9-22/h6-7,9-11H,2-5,8H2,1H3. The van der Waals surface area contributed by atoms with Gasteiger partial charge in [-0.25, -0.2) is 4.98 Å². The lowest BCUT2D eigenvalue weighted by Crippen LogP contribution is -2.04. The quantitative estimate of drug-likeness (QED) is 0.487. The average molecular weight is 360 g/mol. The molecular formula is C17H18BrN3O. The Morgan fingerprint density at radius 2 is 2.18 bits per heavy atom. The fraction of sp³-hybridized carbons (Fsp3) is 0.353. The fourth-order valence-electron chi connectivity index (χ4n) is 2.82. The molecule has 5 heteroatoms. The Balaban J connectivity index is 2.21. The van der Waals surface area contributed by atoms with Gasteiger partial charge in [0.1, 0.15) is 17.6 Å². The van der Waals surface area contributed by atoms with E-state index < -0.39 is 0 Å². The van der Waals surface area contributed by atoms with Crippen LogP contribution in [0.2, 0.25) is 0 Å². The Bertz CT molecular complexity index is 825. The molecule has 1 aromatic carbocycles. The van der Waals surface area contributed by atoms with Crippen molar-refractivity contribution in [3.05, 3.63) is 34.7 Å². The molecule has 0 radical (unpaired) electrons. The van der Waals surface area contributed by atoms with E-state index >= 15 is 0 Å². The summed E-state index contributed by atoms with van der Waals surface area (Å²) in [6.07, 6.45) is 6.24. The Hall–Kier alpha value is -1.75. The van der Waals surface area contributed by atoms with Crippen molar-refractivity contribution in [2.45, 2.75) is 39.2 Å². The lowest BCUT2D eigenvalue weighted by Gasteiger charge is -2.09. The zero-order valence-corrected chi connectivity index (χ0v) is 14.1. The molecule has 0 aliphatic rings. The number of pyridine rings is 1. The molecule has 0 bridgehead atoms. The molecule has 0 saturated heterocycles. The molecule has 0 spiro atoms. The van der Waals surface area contributed by atoms with Gasteiger partial charge in [-0.2, -0.15) is 0 Å². The summed E-state index contributed by atoms with van der Waals surface area (Å²) in [5.41, 5.74) is 3.03. The van der Waals surface area contributed by atoms with Crippen LogP contribution in [0.4, 0.5) is 0 Å². The van der Waals surface area contributed by atoms with Crippen LogP contribution in [-0.2, 0) is 17.8 Å². The molecule has 22 heavy (non-hydrogen) atoms. The summed E-state index contributed by atoms with van der Waals surface area (Å²) in [5, 5.41) is 1.11. The number of carbonyl (C=O) groups excluding carboxylic acids is 1. The van der Waals surface area contributed by atoms with Crippen LogP contribution < -0.4 is 0 Å². The van der Waals surface area contributed by atoms with Gasteiger partial charge in [-0.15, -0.1) is 0 Å². The molecule has 114 valence electrons. The number of hydrogen-bond acceptors (Lipinski definition) is 3. The highest BCUT2D eigenvalue weighted by Gasteiger charge is 2.13. The van der Waals surface area contributed by atoms with Gasteiger partial charge >= 0.3 is 0 Å². The highest BCUT2D eigenvalue weighted by Crippen LogP contribution is 2.27. The Morgan fingerprint density at radius 1 is 1.32 bits per heavy atom. The molecule has 4 nitrogen and oxygen atoms in total. The number of fused-ring (bicyclic) bond motifs is 3. The monoisotopic (exact) mass is 359 g/mol. The van der Waals surface area contributed by atoms with E-state index in [2.05, 4.69) is 38.5 Å². The van der Waals surface area contributed by atoms with Gasteiger partial charge in [0.25, 0.3) is 0 Å². The van der Waals surface area contributed by atoms with Gasteiger partial charge in [0, 0.05) is 29.2 Å². The number of halogens is 1. The summed E-state index contributed by atoms with van der Waals surface area (Å²) in [7, 11) is 0. The largest absolute Gasteiger partial charge is 0.327 e.